The summed E-state index contributed by atoms with van der Waals surface area (Å²) in [6, 6.07) is 6.09. The van der Waals surface area contributed by atoms with Crippen LogP contribution in [0.2, 0.25) is 0 Å². The molecule has 1 spiro atoms. The van der Waals surface area contributed by atoms with Crippen LogP contribution >= 0.6 is 11.8 Å². The maximum atomic E-state index is 14.8. The van der Waals surface area contributed by atoms with E-state index in [0.29, 0.717) is 38.1 Å². The van der Waals surface area contributed by atoms with Gasteiger partial charge in [0.15, 0.2) is 0 Å². The highest BCUT2D eigenvalue weighted by Gasteiger charge is 2.78. The molecule has 3 amide bonds. The summed E-state index contributed by atoms with van der Waals surface area (Å²) in [5, 5.41) is 10.6. The maximum absolute atomic E-state index is 14.8. The summed E-state index contributed by atoms with van der Waals surface area (Å²) >= 11 is 1.65. The van der Waals surface area contributed by atoms with Crippen molar-refractivity contribution in [2.75, 3.05) is 31.2 Å². The first kappa shape index (κ1) is 34.1. The molecule has 1 aromatic carbocycles. The lowest BCUT2D eigenvalue weighted by Gasteiger charge is -2.44. The number of likely N-dealkylation sites (tertiary alicyclic amines) is 1. The first-order chi connectivity index (χ1) is 20.7. The highest BCUT2D eigenvalue weighted by molar-refractivity contribution is 8.02. The molecule has 1 N–H and O–H groups in total. The predicted molar refractivity (Wildman–Crippen MR) is 178 cm³/mol. The Morgan fingerprint density at radius 2 is 1.77 bits per heavy atom. The van der Waals surface area contributed by atoms with Gasteiger partial charge in [-0.1, -0.05) is 26.0 Å². The van der Waals surface area contributed by atoms with Crippen molar-refractivity contribution in [2.45, 2.75) is 94.8 Å². The van der Waals surface area contributed by atoms with Gasteiger partial charge in [-0.2, -0.15) is 0 Å². The summed E-state index contributed by atoms with van der Waals surface area (Å²) in [7, 11) is 0. The third kappa shape index (κ3) is 5.82. The van der Waals surface area contributed by atoms with Crippen molar-refractivity contribution in [3.63, 3.8) is 0 Å². The zero-order valence-electron chi connectivity index (χ0n) is 27.5. The van der Waals surface area contributed by atoms with E-state index in [1.807, 2.05) is 52.0 Å². The molecule has 44 heavy (non-hydrogen) atoms. The van der Waals surface area contributed by atoms with Gasteiger partial charge in [0.25, 0.3) is 0 Å². The van der Waals surface area contributed by atoms with Crippen molar-refractivity contribution in [1.82, 2.24) is 9.80 Å². The molecule has 2 unspecified atom stereocenters. The summed E-state index contributed by atoms with van der Waals surface area (Å²) in [6.07, 6.45) is 5.33. The van der Waals surface area contributed by atoms with Crippen molar-refractivity contribution >= 4 is 35.2 Å². The molecule has 3 heterocycles. The highest BCUT2D eigenvalue weighted by Crippen LogP contribution is 2.72. The van der Waals surface area contributed by atoms with E-state index in [9.17, 15) is 19.5 Å². The standard InChI is InChI=1S/C35H51N3O5S/c1-10-19-36(24-13-15-26(16-14-24)43-12-3)30(40)27-28-31(41)38(25(22-39)21-23(4)5)29(35(28)18-17-34(27,9)44-35)32(42)37(20-11-2)33(6,7)8/h10-11,13-16,23,25,27-29,39H,1-2,12,17-22H2,3-9H3/t25-,27-,28+,29?,34+,35?/m1/s1. The Labute approximate surface area is 267 Å². The van der Waals surface area contributed by atoms with Crippen molar-refractivity contribution < 1.29 is 24.2 Å². The number of fused-ring (bicyclic) bond motifs is 1. The minimum Gasteiger partial charge on any atom is -0.494 e. The van der Waals surface area contributed by atoms with Gasteiger partial charge in [0.05, 0.1) is 35.8 Å². The molecule has 8 nitrogen and oxygen atoms in total. The molecular weight excluding hydrogens is 574 g/mol. The van der Waals surface area contributed by atoms with Gasteiger partial charge in [0.2, 0.25) is 17.7 Å². The molecule has 4 rings (SSSR count). The molecule has 3 aliphatic rings. The Morgan fingerprint density at radius 3 is 2.30 bits per heavy atom. The number of carbonyl (C=O) groups excluding carboxylic acids is 3. The third-order valence-electron chi connectivity index (χ3n) is 9.49. The minimum atomic E-state index is -0.793. The quantitative estimate of drug-likeness (QED) is 0.299. The number of hydrogen-bond acceptors (Lipinski definition) is 6. The number of aliphatic hydroxyl groups excluding tert-OH is 1. The molecule has 3 fully saturated rings. The van der Waals surface area contributed by atoms with Gasteiger partial charge < -0.3 is 24.5 Å². The van der Waals surface area contributed by atoms with E-state index in [0.717, 1.165) is 5.75 Å². The normalized spacial score (nSPS) is 28.2. The third-order valence-corrected chi connectivity index (χ3v) is 11.5. The van der Waals surface area contributed by atoms with Gasteiger partial charge in [-0.05, 0) is 84.1 Å². The van der Waals surface area contributed by atoms with Gasteiger partial charge in [0, 0.05) is 29.1 Å². The van der Waals surface area contributed by atoms with Crippen molar-refractivity contribution in [2.24, 2.45) is 17.8 Å². The summed E-state index contributed by atoms with van der Waals surface area (Å²) in [6.45, 7) is 22.8. The van der Waals surface area contributed by atoms with Crippen LogP contribution in [0.5, 0.6) is 5.75 Å². The van der Waals surface area contributed by atoms with Crippen LogP contribution in [0.3, 0.4) is 0 Å². The fourth-order valence-electron chi connectivity index (χ4n) is 7.71. The average Bonchev–Trinajstić information content (AvgIpc) is 3.53. The van der Waals surface area contributed by atoms with Crippen LogP contribution in [0.1, 0.15) is 67.7 Å². The van der Waals surface area contributed by atoms with Crippen LogP contribution in [0.15, 0.2) is 49.6 Å². The lowest BCUT2D eigenvalue weighted by Crippen LogP contribution is -2.60. The minimum absolute atomic E-state index is 0.139. The number of benzene rings is 1. The van der Waals surface area contributed by atoms with E-state index >= 15 is 0 Å². The van der Waals surface area contributed by atoms with Crippen molar-refractivity contribution in [3.8, 4) is 5.75 Å². The molecule has 0 saturated carbocycles. The van der Waals surface area contributed by atoms with Gasteiger partial charge in [-0.25, -0.2) is 0 Å². The monoisotopic (exact) mass is 625 g/mol. The Balaban J connectivity index is 1.84. The Morgan fingerprint density at radius 1 is 1.14 bits per heavy atom. The van der Waals surface area contributed by atoms with Crippen molar-refractivity contribution in [3.05, 3.63) is 49.6 Å². The number of nitrogens with zero attached hydrogens (tertiary/aromatic N) is 3. The summed E-state index contributed by atoms with van der Waals surface area (Å²) < 4.78 is 4.31. The lowest BCUT2D eigenvalue weighted by atomic mass is 9.66. The van der Waals surface area contributed by atoms with Crippen LogP contribution in [0, 0.1) is 17.8 Å². The fourth-order valence-corrected chi connectivity index (χ4v) is 10.0. The number of hydrogen-bond donors (Lipinski definition) is 1. The summed E-state index contributed by atoms with van der Waals surface area (Å²) in [5.41, 5.74) is 0.188. The molecule has 6 atom stereocenters. The van der Waals surface area contributed by atoms with E-state index in [1.165, 1.54) is 0 Å². The molecule has 242 valence electrons. The lowest BCUT2D eigenvalue weighted by molar-refractivity contribution is -0.148. The van der Waals surface area contributed by atoms with Gasteiger partial charge in [-0.3, -0.25) is 14.4 Å². The largest absolute Gasteiger partial charge is 0.494 e. The van der Waals surface area contributed by atoms with Gasteiger partial charge in [0.1, 0.15) is 11.8 Å². The number of anilines is 1. The summed E-state index contributed by atoms with van der Waals surface area (Å²) in [5.74, 6) is -0.891. The highest BCUT2D eigenvalue weighted by atomic mass is 32.2. The molecule has 3 saturated heterocycles. The zero-order chi connectivity index (χ0) is 32.6. The van der Waals surface area contributed by atoms with E-state index in [-0.39, 0.29) is 36.8 Å². The van der Waals surface area contributed by atoms with Crippen LogP contribution in [0.25, 0.3) is 0 Å². The second-order valence-electron chi connectivity index (χ2n) is 14.0. The SMILES string of the molecule is C=CCN(C(=O)[C@H]1[C@H]2C(=O)N([C@@H](CO)CC(C)C)C(C(=O)N(CC=C)C(C)(C)C)C23CC[C@]1(C)S3)c1ccc(OCC)cc1. The fraction of sp³-hybridized carbons (Fsp3) is 0.629. The molecule has 3 aliphatic heterocycles. The van der Waals surface area contributed by atoms with E-state index in [2.05, 4.69) is 33.9 Å². The van der Waals surface area contributed by atoms with Crippen LogP contribution in [0.4, 0.5) is 5.69 Å². The number of amides is 3. The maximum Gasteiger partial charge on any atom is 0.247 e. The smallest absolute Gasteiger partial charge is 0.247 e. The predicted octanol–water partition coefficient (Wildman–Crippen LogP) is 5.31. The second kappa shape index (κ2) is 12.9. The van der Waals surface area contributed by atoms with Crippen molar-refractivity contribution in [1.29, 1.82) is 0 Å². The summed E-state index contributed by atoms with van der Waals surface area (Å²) in [4.78, 5) is 49.5. The molecule has 9 heteroatoms. The number of ether oxygens (including phenoxy) is 1. The van der Waals surface area contributed by atoms with Crippen LogP contribution < -0.4 is 9.64 Å². The Kier molecular flexibility index (Phi) is 10.0. The first-order valence-corrected chi connectivity index (χ1v) is 16.7. The van der Waals surface area contributed by atoms with E-state index < -0.39 is 39.0 Å². The molecular formula is C35H51N3O5S. The topological polar surface area (TPSA) is 90.4 Å². The van der Waals surface area contributed by atoms with Crippen LogP contribution in [-0.4, -0.2) is 86.0 Å². The second-order valence-corrected chi connectivity index (χ2v) is 15.9. The molecule has 0 radical (unpaired) electrons. The first-order valence-electron chi connectivity index (χ1n) is 15.9. The number of thioether (sulfide) groups is 1. The number of carbonyl (C=O) groups is 3. The Bertz CT molecular complexity index is 1260. The average molecular weight is 626 g/mol. The molecule has 0 aliphatic carbocycles. The van der Waals surface area contributed by atoms with Gasteiger partial charge >= 0.3 is 0 Å². The van der Waals surface area contributed by atoms with Crippen LogP contribution in [-0.2, 0) is 14.4 Å². The number of rotatable bonds is 13. The molecule has 0 aromatic heterocycles. The van der Waals surface area contributed by atoms with Gasteiger partial charge in [-0.15, -0.1) is 24.9 Å². The Hall–Kier alpha value is -2.78. The molecule has 1 aromatic rings. The van der Waals surface area contributed by atoms with E-state index in [1.54, 1.807) is 38.6 Å². The number of aliphatic hydroxyl groups is 1. The molecule has 2 bridgehead atoms. The van der Waals surface area contributed by atoms with E-state index in [4.69, 9.17) is 4.74 Å². The zero-order valence-corrected chi connectivity index (χ0v) is 28.4.